The van der Waals surface area contributed by atoms with Gasteiger partial charge in [0.2, 0.25) is 5.95 Å². The van der Waals surface area contributed by atoms with Gasteiger partial charge in [-0.1, -0.05) is 24.9 Å². The monoisotopic (exact) mass is 469 g/mol. The van der Waals surface area contributed by atoms with E-state index in [9.17, 15) is 4.79 Å². The van der Waals surface area contributed by atoms with Crippen LogP contribution in [-0.2, 0) is 11.8 Å². The van der Waals surface area contributed by atoms with Crippen molar-refractivity contribution in [1.82, 2.24) is 14.5 Å². The van der Waals surface area contributed by atoms with E-state index >= 15 is 0 Å². The third-order valence-corrected chi connectivity index (χ3v) is 6.84. The number of halogens is 1. The topological polar surface area (TPSA) is 81.5 Å². The summed E-state index contributed by atoms with van der Waals surface area (Å²) in [5.74, 6) is 2.36. The van der Waals surface area contributed by atoms with E-state index in [0.29, 0.717) is 35.8 Å². The number of rotatable bonds is 6. The van der Waals surface area contributed by atoms with Gasteiger partial charge < -0.3 is 24.3 Å². The number of piperidine rings is 1. The van der Waals surface area contributed by atoms with E-state index < -0.39 is 0 Å². The van der Waals surface area contributed by atoms with Crippen molar-refractivity contribution in [2.75, 3.05) is 36.5 Å². The number of ether oxygens (including phenoxy) is 2. The number of benzene rings is 1. The lowest BCUT2D eigenvalue weighted by molar-refractivity contribution is -0.0802. The molecule has 2 fully saturated rings. The number of aryl methyl sites for hydroxylation is 1. The molecule has 4 heterocycles. The Morgan fingerprint density at radius 2 is 2.03 bits per heavy atom. The second kappa shape index (κ2) is 9.19. The number of pyridine rings is 1. The molecule has 33 heavy (non-hydrogen) atoms. The molecule has 0 atom stereocenters. The van der Waals surface area contributed by atoms with Gasteiger partial charge in [0.25, 0.3) is 5.56 Å². The molecule has 174 valence electrons. The summed E-state index contributed by atoms with van der Waals surface area (Å²) in [6, 6.07) is 7.56. The summed E-state index contributed by atoms with van der Waals surface area (Å²) in [6.45, 7) is 5.18. The molecule has 2 aliphatic rings. The average Bonchev–Trinajstić information content (AvgIpc) is 2.80. The summed E-state index contributed by atoms with van der Waals surface area (Å²) >= 11 is 6.42. The molecule has 0 spiro atoms. The van der Waals surface area contributed by atoms with E-state index in [1.807, 2.05) is 18.2 Å². The fourth-order valence-electron chi connectivity index (χ4n) is 4.35. The van der Waals surface area contributed by atoms with Crippen LogP contribution in [0.15, 0.2) is 35.3 Å². The summed E-state index contributed by atoms with van der Waals surface area (Å²) in [7, 11) is 1.75. The Bertz CT molecular complexity index is 1220. The van der Waals surface area contributed by atoms with Gasteiger partial charge in [0.15, 0.2) is 11.6 Å². The van der Waals surface area contributed by atoms with Gasteiger partial charge >= 0.3 is 0 Å². The molecule has 0 saturated carbocycles. The lowest BCUT2D eigenvalue weighted by Crippen LogP contribution is -2.40. The predicted molar refractivity (Wildman–Crippen MR) is 130 cm³/mol. The highest BCUT2D eigenvalue weighted by Gasteiger charge is 2.23. The van der Waals surface area contributed by atoms with Gasteiger partial charge in [-0.3, -0.25) is 4.79 Å². The number of fused-ring (bicyclic) bond motifs is 1. The van der Waals surface area contributed by atoms with Crippen LogP contribution in [0.1, 0.15) is 26.2 Å². The van der Waals surface area contributed by atoms with E-state index in [4.69, 9.17) is 26.1 Å². The minimum Gasteiger partial charge on any atom is -0.480 e. The Morgan fingerprint density at radius 3 is 2.73 bits per heavy atom. The summed E-state index contributed by atoms with van der Waals surface area (Å²) in [6.07, 6.45) is 5.11. The molecule has 3 aromatic rings. The first kappa shape index (κ1) is 22.0. The molecule has 1 aromatic carbocycles. The van der Waals surface area contributed by atoms with Crippen molar-refractivity contribution in [3.63, 3.8) is 0 Å². The molecule has 2 saturated heterocycles. The molecule has 2 aromatic heterocycles. The third-order valence-electron chi connectivity index (χ3n) is 6.56. The van der Waals surface area contributed by atoms with Crippen molar-refractivity contribution in [1.29, 1.82) is 0 Å². The Balaban J connectivity index is 1.40. The standard InChI is InChI=1S/C24H28ClN5O3/c1-3-15-6-8-30(9-7-15)24-26-12-19(25)22(28-24)27-17-4-5-20-16(10-17)11-21(23(31)29(20)2)33-18-13-32-14-18/h4-5,10-12,15,18H,3,6-9,13-14H2,1-2H3,(H,26,27,28). The molecular formula is C24H28ClN5O3. The fourth-order valence-corrected chi connectivity index (χ4v) is 4.49. The van der Waals surface area contributed by atoms with Crippen molar-refractivity contribution in [3.8, 4) is 5.75 Å². The van der Waals surface area contributed by atoms with Gasteiger partial charge in [-0.05, 0) is 43.0 Å². The van der Waals surface area contributed by atoms with Crippen molar-refractivity contribution in [2.24, 2.45) is 13.0 Å². The van der Waals surface area contributed by atoms with Crippen molar-refractivity contribution in [2.45, 2.75) is 32.3 Å². The van der Waals surface area contributed by atoms with E-state index in [2.05, 4.69) is 22.1 Å². The van der Waals surface area contributed by atoms with Crippen molar-refractivity contribution < 1.29 is 9.47 Å². The highest BCUT2D eigenvalue weighted by molar-refractivity contribution is 6.32. The number of anilines is 3. The minimum absolute atomic E-state index is 0.0721. The van der Waals surface area contributed by atoms with Crippen LogP contribution in [0.2, 0.25) is 5.02 Å². The Kier molecular flexibility index (Phi) is 6.12. The SMILES string of the molecule is CCC1CCN(c2ncc(Cl)c(Nc3ccc4c(c3)cc(OC3COC3)c(=O)n4C)n2)CC1. The molecule has 5 rings (SSSR count). The van der Waals surface area contributed by atoms with Crippen LogP contribution in [-0.4, -0.2) is 46.9 Å². The smallest absolute Gasteiger partial charge is 0.293 e. The lowest BCUT2D eigenvalue weighted by atomic mass is 9.95. The molecule has 0 amide bonds. The first-order chi connectivity index (χ1) is 16.0. The summed E-state index contributed by atoms with van der Waals surface area (Å²) in [5, 5.41) is 4.66. The summed E-state index contributed by atoms with van der Waals surface area (Å²) in [5.41, 5.74) is 1.47. The zero-order valence-corrected chi connectivity index (χ0v) is 19.6. The molecule has 0 unspecified atom stereocenters. The highest BCUT2D eigenvalue weighted by atomic mass is 35.5. The lowest BCUT2D eigenvalue weighted by Gasteiger charge is -2.31. The molecule has 8 nitrogen and oxygen atoms in total. The van der Waals surface area contributed by atoms with E-state index in [1.54, 1.807) is 23.9 Å². The largest absolute Gasteiger partial charge is 0.480 e. The van der Waals surface area contributed by atoms with Crippen LogP contribution in [0, 0.1) is 5.92 Å². The molecule has 0 radical (unpaired) electrons. The maximum absolute atomic E-state index is 12.6. The normalized spacial score (nSPS) is 17.2. The Hall–Kier alpha value is -2.84. The van der Waals surface area contributed by atoms with E-state index in [-0.39, 0.29) is 11.7 Å². The first-order valence-electron chi connectivity index (χ1n) is 11.4. The molecular weight excluding hydrogens is 442 g/mol. The van der Waals surface area contributed by atoms with Gasteiger partial charge in [-0.15, -0.1) is 0 Å². The molecule has 0 aliphatic carbocycles. The number of nitrogens with one attached hydrogen (secondary N) is 1. The van der Waals surface area contributed by atoms with Crippen LogP contribution < -0.4 is 20.5 Å². The third kappa shape index (κ3) is 4.50. The zero-order valence-electron chi connectivity index (χ0n) is 18.9. The minimum atomic E-state index is -0.162. The Labute approximate surface area is 197 Å². The Morgan fingerprint density at radius 1 is 1.24 bits per heavy atom. The second-order valence-corrected chi connectivity index (χ2v) is 9.16. The van der Waals surface area contributed by atoms with Crippen LogP contribution >= 0.6 is 11.6 Å². The van der Waals surface area contributed by atoms with Gasteiger partial charge in [0.05, 0.1) is 24.9 Å². The fraction of sp³-hybridized carbons (Fsp3) is 0.458. The van der Waals surface area contributed by atoms with Crippen LogP contribution in [0.3, 0.4) is 0 Å². The number of hydrogen-bond donors (Lipinski definition) is 1. The maximum atomic E-state index is 12.6. The highest BCUT2D eigenvalue weighted by Crippen LogP contribution is 2.29. The van der Waals surface area contributed by atoms with Crippen molar-refractivity contribution >= 4 is 40.0 Å². The molecule has 0 bridgehead atoms. The number of hydrogen-bond acceptors (Lipinski definition) is 7. The van der Waals surface area contributed by atoms with E-state index in [1.165, 1.54) is 6.42 Å². The van der Waals surface area contributed by atoms with Crippen molar-refractivity contribution in [3.05, 3.63) is 45.8 Å². The zero-order chi connectivity index (χ0) is 22.9. The second-order valence-electron chi connectivity index (χ2n) is 8.75. The molecule has 1 N–H and O–H groups in total. The van der Waals surface area contributed by atoms with Gasteiger partial charge in [-0.2, -0.15) is 4.98 Å². The van der Waals surface area contributed by atoms with Gasteiger partial charge in [0, 0.05) is 31.2 Å². The molecule has 9 heteroatoms. The summed E-state index contributed by atoms with van der Waals surface area (Å²) in [4.78, 5) is 24.0. The number of nitrogens with zero attached hydrogens (tertiary/aromatic N) is 4. The van der Waals surface area contributed by atoms with Crippen LogP contribution in [0.5, 0.6) is 5.75 Å². The van der Waals surface area contributed by atoms with Crippen LogP contribution in [0.4, 0.5) is 17.5 Å². The quantitative estimate of drug-likeness (QED) is 0.581. The number of aromatic nitrogens is 3. The van der Waals surface area contributed by atoms with E-state index in [0.717, 1.165) is 48.4 Å². The maximum Gasteiger partial charge on any atom is 0.293 e. The van der Waals surface area contributed by atoms with Crippen LogP contribution in [0.25, 0.3) is 10.9 Å². The van der Waals surface area contributed by atoms with Gasteiger partial charge in [-0.25, -0.2) is 4.98 Å². The predicted octanol–water partition coefficient (Wildman–Crippen LogP) is 4.13. The first-order valence-corrected chi connectivity index (χ1v) is 11.8. The molecule has 2 aliphatic heterocycles. The van der Waals surface area contributed by atoms with Gasteiger partial charge in [0.1, 0.15) is 11.1 Å². The average molecular weight is 470 g/mol. The summed E-state index contributed by atoms with van der Waals surface area (Å²) < 4.78 is 12.6.